The Bertz CT molecular complexity index is 743. The van der Waals surface area contributed by atoms with E-state index in [0.29, 0.717) is 10.7 Å². The second-order valence-corrected chi connectivity index (χ2v) is 5.63. The van der Waals surface area contributed by atoms with Crippen molar-refractivity contribution in [1.29, 1.82) is 10.5 Å². The first-order chi connectivity index (χ1) is 10.7. The van der Waals surface area contributed by atoms with E-state index in [1.165, 1.54) is 16.2 Å². The number of rotatable bonds is 5. The standard InChI is InChI=1S/C15H11ClN4OS/c16-13-4-2-1-3-12(13)15-19-11(10-22-15)9-14(21)20(7-5-17)8-6-18/h1-4,10H,7-9H2. The third-order valence-corrected chi connectivity index (χ3v) is 4.12. The molecule has 0 bridgehead atoms. The van der Waals surface area contributed by atoms with Crippen LogP contribution in [0.1, 0.15) is 5.69 Å². The van der Waals surface area contributed by atoms with E-state index in [4.69, 9.17) is 22.1 Å². The molecule has 0 saturated carbocycles. The van der Waals surface area contributed by atoms with Crippen molar-refractivity contribution in [2.75, 3.05) is 13.1 Å². The molecular formula is C15H11ClN4OS. The topological polar surface area (TPSA) is 80.8 Å². The molecule has 0 saturated heterocycles. The summed E-state index contributed by atoms with van der Waals surface area (Å²) in [5, 5.41) is 20.5. The smallest absolute Gasteiger partial charge is 0.230 e. The van der Waals surface area contributed by atoms with Gasteiger partial charge in [-0.3, -0.25) is 4.79 Å². The molecule has 1 amide bonds. The van der Waals surface area contributed by atoms with Crippen LogP contribution < -0.4 is 0 Å². The Morgan fingerprint density at radius 1 is 1.27 bits per heavy atom. The zero-order valence-electron chi connectivity index (χ0n) is 11.5. The van der Waals surface area contributed by atoms with Crippen molar-refractivity contribution >= 4 is 28.8 Å². The maximum absolute atomic E-state index is 12.1. The summed E-state index contributed by atoms with van der Waals surface area (Å²) < 4.78 is 0. The lowest BCUT2D eigenvalue weighted by molar-refractivity contribution is -0.129. The first-order valence-corrected chi connectivity index (χ1v) is 7.62. The molecule has 0 aliphatic rings. The quantitative estimate of drug-likeness (QED) is 0.789. The SMILES string of the molecule is N#CCN(CC#N)C(=O)Cc1csc(-c2ccccc2Cl)n1. The van der Waals surface area contributed by atoms with Crippen LogP contribution >= 0.6 is 22.9 Å². The molecule has 2 aromatic rings. The van der Waals surface area contributed by atoms with Gasteiger partial charge in [0.25, 0.3) is 0 Å². The van der Waals surface area contributed by atoms with Gasteiger partial charge in [0, 0.05) is 10.9 Å². The Balaban J connectivity index is 2.13. The van der Waals surface area contributed by atoms with Gasteiger partial charge < -0.3 is 4.90 Å². The second kappa shape index (κ2) is 7.56. The van der Waals surface area contributed by atoms with Crippen LogP contribution in [-0.2, 0) is 11.2 Å². The minimum Gasteiger partial charge on any atom is -0.316 e. The maximum Gasteiger partial charge on any atom is 0.230 e. The highest BCUT2D eigenvalue weighted by Gasteiger charge is 2.16. The molecule has 2 rings (SSSR count). The molecule has 1 heterocycles. The number of hydrogen-bond donors (Lipinski definition) is 0. The summed E-state index contributed by atoms with van der Waals surface area (Å²) in [6.45, 7) is -0.207. The zero-order chi connectivity index (χ0) is 15.9. The third-order valence-electron chi connectivity index (χ3n) is 2.86. The second-order valence-electron chi connectivity index (χ2n) is 4.37. The number of halogens is 1. The Hall–Kier alpha value is -2.41. The lowest BCUT2D eigenvalue weighted by Crippen LogP contribution is -2.33. The van der Waals surface area contributed by atoms with Crippen molar-refractivity contribution in [2.24, 2.45) is 0 Å². The monoisotopic (exact) mass is 330 g/mol. The van der Waals surface area contributed by atoms with E-state index < -0.39 is 0 Å². The van der Waals surface area contributed by atoms with Crippen LogP contribution in [0.25, 0.3) is 10.6 Å². The number of thiazole rings is 1. The number of nitriles is 2. The van der Waals surface area contributed by atoms with Gasteiger partial charge in [0.2, 0.25) is 5.91 Å². The molecule has 110 valence electrons. The van der Waals surface area contributed by atoms with Crippen molar-refractivity contribution in [1.82, 2.24) is 9.88 Å². The lowest BCUT2D eigenvalue weighted by atomic mass is 10.2. The average molecular weight is 331 g/mol. The maximum atomic E-state index is 12.1. The summed E-state index contributed by atoms with van der Waals surface area (Å²) in [7, 11) is 0. The summed E-state index contributed by atoms with van der Waals surface area (Å²) in [5.41, 5.74) is 1.42. The van der Waals surface area contributed by atoms with Crippen LogP contribution in [0, 0.1) is 22.7 Å². The molecule has 0 N–H and O–H groups in total. The number of benzene rings is 1. The van der Waals surface area contributed by atoms with Crippen molar-refractivity contribution in [3.63, 3.8) is 0 Å². The number of aromatic nitrogens is 1. The highest BCUT2D eigenvalue weighted by atomic mass is 35.5. The highest BCUT2D eigenvalue weighted by Crippen LogP contribution is 2.30. The van der Waals surface area contributed by atoms with Gasteiger partial charge in [-0.05, 0) is 6.07 Å². The fraction of sp³-hybridized carbons (Fsp3) is 0.200. The van der Waals surface area contributed by atoms with Crippen molar-refractivity contribution in [3.05, 3.63) is 40.4 Å². The van der Waals surface area contributed by atoms with Gasteiger partial charge in [-0.15, -0.1) is 11.3 Å². The van der Waals surface area contributed by atoms with E-state index in [-0.39, 0.29) is 25.4 Å². The summed E-state index contributed by atoms with van der Waals surface area (Å²) in [6, 6.07) is 11.1. The van der Waals surface area contributed by atoms with Gasteiger partial charge in [-0.25, -0.2) is 4.98 Å². The van der Waals surface area contributed by atoms with E-state index in [9.17, 15) is 4.79 Å². The minimum atomic E-state index is -0.292. The molecule has 5 nitrogen and oxygen atoms in total. The van der Waals surface area contributed by atoms with E-state index in [0.717, 1.165) is 10.6 Å². The number of nitrogens with zero attached hydrogens (tertiary/aromatic N) is 4. The summed E-state index contributed by atoms with van der Waals surface area (Å²) in [4.78, 5) is 17.7. The molecule has 0 unspecified atom stereocenters. The number of amides is 1. The molecule has 1 aromatic carbocycles. The Morgan fingerprint density at radius 2 is 1.95 bits per heavy atom. The molecule has 22 heavy (non-hydrogen) atoms. The zero-order valence-corrected chi connectivity index (χ0v) is 13.1. The van der Waals surface area contributed by atoms with Crippen LogP contribution in [0.3, 0.4) is 0 Å². The molecule has 0 radical (unpaired) electrons. The van der Waals surface area contributed by atoms with Crippen molar-refractivity contribution in [2.45, 2.75) is 6.42 Å². The third kappa shape index (κ3) is 3.82. The van der Waals surface area contributed by atoms with Crippen LogP contribution in [0.5, 0.6) is 0 Å². The molecule has 0 aliphatic carbocycles. The van der Waals surface area contributed by atoms with Gasteiger partial charge in [-0.1, -0.05) is 29.8 Å². The van der Waals surface area contributed by atoms with Gasteiger partial charge >= 0.3 is 0 Å². The number of carbonyl (C=O) groups excluding carboxylic acids is 1. The Kier molecular flexibility index (Phi) is 5.48. The predicted octanol–water partition coefficient (Wildman–Crippen LogP) is 2.88. The molecule has 0 fully saturated rings. The van der Waals surface area contributed by atoms with Crippen LogP contribution in [0.4, 0.5) is 0 Å². The molecule has 1 aromatic heterocycles. The largest absolute Gasteiger partial charge is 0.316 e. The van der Waals surface area contributed by atoms with Crippen molar-refractivity contribution in [3.8, 4) is 22.7 Å². The molecule has 0 aliphatic heterocycles. The lowest BCUT2D eigenvalue weighted by Gasteiger charge is -2.14. The van der Waals surface area contributed by atoms with Crippen molar-refractivity contribution < 1.29 is 4.79 Å². The summed E-state index contributed by atoms with van der Waals surface area (Å²) >= 11 is 7.53. The molecule has 0 spiro atoms. The highest BCUT2D eigenvalue weighted by molar-refractivity contribution is 7.13. The minimum absolute atomic E-state index is 0.0598. The number of hydrogen-bond acceptors (Lipinski definition) is 5. The predicted molar refractivity (Wildman–Crippen MR) is 84.1 cm³/mol. The Morgan fingerprint density at radius 3 is 2.59 bits per heavy atom. The normalized spacial score (nSPS) is 9.77. The fourth-order valence-corrected chi connectivity index (χ4v) is 2.96. The first-order valence-electron chi connectivity index (χ1n) is 6.36. The molecular weight excluding hydrogens is 320 g/mol. The van der Waals surface area contributed by atoms with Gasteiger partial charge in [0.1, 0.15) is 18.1 Å². The van der Waals surface area contributed by atoms with E-state index >= 15 is 0 Å². The first kappa shape index (κ1) is 16.0. The van der Waals surface area contributed by atoms with E-state index in [2.05, 4.69) is 4.98 Å². The van der Waals surface area contributed by atoms with Gasteiger partial charge in [0.05, 0.1) is 29.3 Å². The molecule has 7 heteroatoms. The van der Waals surface area contributed by atoms with Crippen LogP contribution in [0.15, 0.2) is 29.6 Å². The Labute approximate surface area is 137 Å². The van der Waals surface area contributed by atoms with Gasteiger partial charge in [-0.2, -0.15) is 10.5 Å². The number of carbonyl (C=O) groups is 1. The van der Waals surface area contributed by atoms with Crippen LogP contribution in [-0.4, -0.2) is 28.9 Å². The molecule has 0 atom stereocenters. The van der Waals surface area contributed by atoms with E-state index in [1.54, 1.807) is 11.4 Å². The fourth-order valence-electron chi connectivity index (χ4n) is 1.82. The average Bonchev–Trinajstić information content (AvgIpc) is 2.95. The summed E-state index contributed by atoms with van der Waals surface area (Å²) in [5.74, 6) is -0.292. The van der Waals surface area contributed by atoms with Gasteiger partial charge in [0.15, 0.2) is 0 Å². The van der Waals surface area contributed by atoms with Crippen LogP contribution in [0.2, 0.25) is 5.02 Å². The van der Waals surface area contributed by atoms with E-state index in [1.807, 2.05) is 30.3 Å². The summed E-state index contributed by atoms with van der Waals surface area (Å²) in [6.07, 6.45) is 0.0598.